The number of aryl methyl sites for hydroxylation is 1. The second-order valence-electron chi connectivity index (χ2n) is 3.26. The molecule has 0 unspecified atom stereocenters. The van der Waals surface area contributed by atoms with Gasteiger partial charge in [0.1, 0.15) is 3.70 Å². The summed E-state index contributed by atoms with van der Waals surface area (Å²) in [6, 6.07) is 0. The summed E-state index contributed by atoms with van der Waals surface area (Å²) in [5, 5.41) is 6.82. The van der Waals surface area contributed by atoms with Crippen LogP contribution in [0.25, 0.3) is 0 Å². The van der Waals surface area contributed by atoms with Crippen LogP contribution in [-0.2, 0) is 11.8 Å². The Morgan fingerprint density at radius 1 is 1.71 bits per heavy atom. The molecular weight excluding hydrogens is 295 g/mol. The maximum atomic E-state index is 11.4. The van der Waals surface area contributed by atoms with Crippen LogP contribution in [0.4, 0.5) is 5.69 Å². The van der Waals surface area contributed by atoms with Gasteiger partial charge in [-0.05, 0) is 36.7 Å². The number of nitrogens with one attached hydrogen (secondary N) is 1. The average molecular weight is 308 g/mol. The number of amides is 1. The number of aromatic nitrogens is 2. The molecule has 0 atom stereocenters. The number of nitrogens with zero attached hydrogens (tertiary/aromatic N) is 3. The second kappa shape index (κ2) is 4.74. The molecule has 0 saturated heterocycles. The Hall–Kier alpha value is -0.630. The molecule has 14 heavy (non-hydrogen) atoms. The highest BCUT2D eigenvalue weighted by atomic mass is 127. The van der Waals surface area contributed by atoms with Crippen LogP contribution in [0.15, 0.2) is 6.20 Å². The molecule has 1 heterocycles. The lowest BCUT2D eigenvalue weighted by Crippen LogP contribution is -2.27. The summed E-state index contributed by atoms with van der Waals surface area (Å²) >= 11 is 2.14. The fraction of sp³-hybridized carbons (Fsp3) is 0.500. The normalized spacial score (nSPS) is 10.6. The van der Waals surface area contributed by atoms with Crippen molar-refractivity contribution < 1.29 is 4.79 Å². The molecule has 1 N–H and O–H groups in total. The number of hydrogen-bond donors (Lipinski definition) is 1. The van der Waals surface area contributed by atoms with E-state index in [1.54, 1.807) is 10.9 Å². The molecule has 1 aromatic rings. The third-order valence-corrected chi connectivity index (χ3v) is 2.88. The summed E-state index contributed by atoms with van der Waals surface area (Å²) in [5.74, 6) is -0.0269. The standard InChI is InChI=1S/C8H13IN4O/c1-12(2)5-7(14)11-6-4-10-13(3)8(6)9/h4H,5H2,1-3H3,(H,11,14). The van der Waals surface area contributed by atoms with Crippen LogP contribution in [0.2, 0.25) is 0 Å². The molecule has 1 aromatic heterocycles. The number of carbonyl (C=O) groups is 1. The molecule has 5 nitrogen and oxygen atoms in total. The van der Waals surface area contributed by atoms with E-state index in [9.17, 15) is 4.79 Å². The van der Waals surface area contributed by atoms with Crippen molar-refractivity contribution in [2.45, 2.75) is 0 Å². The molecule has 0 saturated carbocycles. The van der Waals surface area contributed by atoms with E-state index >= 15 is 0 Å². The van der Waals surface area contributed by atoms with E-state index in [0.717, 1.165) is 9.39 Å². The number of anilines is 1. The highest BCUT2D eigenvalue weighted by Crippen LogP contribution is 2.15. The summed E-state index contributed by atoms with van der Waals surface area (Å²) in [7, 11) is 5.55. The van der Waals surface area contributed by atoms with Gasteiger partial charge in [-0.25, -0.2) is 0 Å². The number of hydrogen-bond acceptors (Lipinski definition) is 3. The van der Waals surface area contributed by atoms with Gasteiger partial charge in [0.2, 0.25) is 5.91 Å². The Morgan fingerprint density at radius 2 is 2.36 bits per heavy atom. The quantitative estimate of drug-likeness (QED) is 0.829. The molecule has 0 radical (unpaired) electrons. The molecule has 0 bridgehead atoms. The van der Waals surface area contributed by atoms with Crippen molar-refractivity contribution in [3.63, 3.8) is 0 Å². The Kier molecular flexibility index (Phi) is 3.87. The zero-order valence-electron chi connectivity index (χ0n) is 8.41. The van der Waals surface area contributed by atoms with E-state index in [1.165, 1.54) is 0 Å². The summed E-state index contributed by atoms with van der Waals surface area (Å²) in [6.07, 6.45) is 1.65. The van der Waals surface area contributed by atoms with E-state index < -0.39 is 0 Å². The van der Waals surface area contributed by atoms with E-state index in [0.29, 0.717) is 6.54 Å². The predicted octanol–water partition coefficient (Wildman–Crippen LogP) is 0.525. The van der Waals surface area contributed by atoms with Crippen LogP contribution in [-0.4, -0.2) is 41.2 Å². The Morgan fingerprint density at radius 3 is 2.79 bits per heavy atom. The number of rotatable bonds is 3. The van der Waals surface area contributed by atoms with Gasteiger partial charge in [0.25, 0.3) is 0 Å². The molecule has 0 aromatic carbocycles. The van der Waals surface area contributed by atoms with Crippen LogP contribution in [0.5, 0.6) is 0 Å². The highest BCUT2D eigenvalue weighted by Gasteiger charge is 2.09. The van der Waals surface area contributed by atoms with Gasteiger partial charge in [0.15, 0.2) is 0 Å². The molecule has 78 valence electrons. The first kappa shape index (κ1) is 11.4. The molecule has 0 fully saturated rings. The lowest BCUT2D eigenvalue weighted by Gasteiger charge is -2.08. The first-order valence-electron chi connectivity index (χ1n) is 4.13. The number of likely N-dealkylation sites (N-methyl/N-ethyl adjacent to an activating group) is 1. The van der Waals surface area contributed by atoms with Gasteiger partial charge >= 0.3 is 0 Å². The SMILES string of the molecule is CN(C)CC(=O)Nc1cnn(C)c1I. The van der Waals surface area contributed by atoms with E-state index in [2.05, 4.69) is 33.0 Å². The van der Waals surface area contributed by atoms with Crippen molar-refractivity contribution in [3.8, 4) is 0 Å². The lowest BCUT2D eigenvalue weighted by atomic mass is 10.5. The van der Waals surface area contributed by atoms with Crippen LogP contribution in [0.3, 0.4) is 0 Å². The van der Waals surface area contributed by atoms with E-state index in [4.69, 9.17) is 0 Å². The van der Waals surface area contributed by atoms with Crippen molar-refractivity contribution in [3.05, 3.63) is 9.90 Å². The molecule has 6 heteroatoms. The maximum Gasteiger partial charge on any atom is 0.238 e. The van der Waals surface area contributed by atoms with Gasteiger partial charge in [0.05, 0.1) is 18.4 Å². The van der Waals surface area contributed by atoms with Crippen molar-refractivity contribution in [2.24, 2.45) is 7.05 Å². The van der Waals surface area contributed by atoms with Crippen molar-refractivity contribution in [2.75, 3.05) is 26.0 Å². The fourth-order valence-corrected chi connectivity index (χ4v) is 1.38. The fourth-order valence-electron chi connectivity index (χ4n) is 0.983. The van der Waals surface area contributed by atoms with Gasteiger partial charge in [-0.2, -0.15) is 5.10 Å². The molecular formula is C8H13IN4O. The summed E-state index contributed by atoms with van der Waals surface area (Å²) in [6.45, 7) is 0.380. The summed E-state index contributed by atoms with van der Waals surface area (Å²) in [4.78, 5) is 13.2. The maximum absolute atomic E-state index is 11.4. The predicted molar refractivity (Wildman–Crippen MR) is 63.1 cm³/mol. The summed E-state index contributed by atoms with van der Waals surface area (Å²) < 4.78 is 2.64. The van der Waals surface area contributed by atoms with E-state index in [-0.39, 0.29) is 5.91 Å². The van der Waals surface area contributed by atoms with E-state index in [1.807, 2.05) is 26.0 Å². The van der Waals surface area contributed by atoms with Crippen molar-refractivity contribution in [1.82, 2.24) is 14.7 Å². The number of carbonyl (C=O) groups excluding carboxylic acids is 1. The van der Waals surface area contributed by atoms with Crippen LogP contribution >= 0.6 is 22.6 Å². The van der Waals surface area contributed by atoms with Crippen LogP contribution < -0.4 is 5.32 Å². The molecule has 0 aliphatic heterocycles. The first-order valence-corrected chi connectivity index (χ1v) is 5.20. The van der Waals surface area contributed by atoms with Crippen molar-refractivity contribution >= 4 is 34.2 Å². The van der Waals surface area contributed by atoms with Gasteiger partial charge in [-0.3, -0.25) is 9.48 Å². The highest BCUT2D eigenvalue weighted by molar-refractivity contribution is 14.1. The third-order valence-electron chi connectivity index (χ3n) is 1.60. The molecule has 0 aliphatic rings. The minimum absolute atomic E-state index is 0.0269. The first-order chi connectivity index (χ1) is 6.50. The summed E-state index contributed by atoms with van der Waals surface area (Å²) in [5.41, 5.74) is 0.764. The van der Waals surface area contributed by atoms with Gasteiger partial charge in [-0.1, -0.05) is 0 Å². The Bertz CT molecular complexity index is 334. The minimum atomic E-state index is -0.0269. The third kappa shape index (κ3) is 2.95. The Labute approximate surface area is 96.6 Å². The molecule has 1 amide bonds. The van der Waals surface area contributed by atoms with Crippen LogP contribution in [0.1, 0.15) is 0 Å². The molecule has 1 rings (SSSR count). The molecule has 0 spiro atoms. The van der Waals surface area contributed by atoms with Crippen LogP contribution in [0, 0.1) is 3.70 Å². The van der Waals surface area contributed by atoms with Gasteiger partial charge in [-0.15, -0.1) is 0 Å². The smallest absolute Gasteiger partial charge is 0.238 e. The average Bonchev–Trinajstić information content (AvgIpc) is 2.34. The number of halogens is 1. The zero-order valence-corrected chi connectivity index (χ0v) is 10.6. The molecule has 0 aliphatic carbocycles. The van der Waals surface area contributed by atoms with Gasteiger partial charge < -0.3 is 10.2 Å². The second-order valence-corrected chi connectivity index (χ2v) is 4.28. The van der Waals surface area contributed by atoms with Gasteiger partial charge in [0, 0.05) is 7.05 Å². The topological polar surface area (TPSA) is 50.2 Å². The Balaban J connectivity index is 2.61. The minimum Gasteiger partial charge on any atom is -0.321 e. The monoisotopic (exact) mass is 308 g/mol. The largest absolute Gasteiger partial charge is 0.321 e. The van der Waals surface area contributed by atoms with Crippen molar-refractivity contribution in [1.29, 1.82) is 0 Å². The lowest BCUT2D eigenvalue weighted by molar-refractivity contribution is -0.116. The zero-order chi connectivity index (χ0) is 10.7.